The van der Waals surface area contributed by atoms with E-state index in [2.05, 4.69) is 16.8 Å². The summed E-state index contributed by atoms with van der Waals surface area (Å²) in [4.78, 5) is 17.2. The van der Waals surface area contributed by atoms with Crippen LogP contribution < -0.4 is 14.4 Å². The molecule has 2 heterocycles. The molecule has 7 nitrogen and oxygen atoms in total. The molecule has 0 aliphatic carbocycles. The van der Waals surface area contributed by atoms with Gasteiger partial charge in [0.2, 0.25) is 6.79 Å². The lowest BCUT2D eigenvalue weighted by atomic mass is 10.1. The predicted molar refractivity (Wildman–Crippen MR) is 97.7 cm³/mol. The first-order valence-electron chi connectivity index (χ1n) is 8.32. The molecule has 1 aromatic heterocycles. The lowest BCUT2D eigenvalue weighted by Crippen LogP contribution is -2.22. The van der Waals surface area contributed by atoms with Crippen LogP contribution in [0.2, 0.25) is 0 Å². The van der Waals surface area contributed by atoms with Gasteiger partial charge in [0.1, 0.15) is 0 Å². The van der Waals surface area contributed by atoms with E-state index in [-0.39, 0.29) is 17.4 Å². The molecule has 0 fully saturated rings. The number of anilines is 1. The molecule has 0 N–H and O–H groups in total. The molecule has 26 heavy (non-hydrogen) atoms. The van der Waals surface area contributed by atoms with Crippen molar-refractivity contribution < 1.29 is 14.4 Å². The number of ether oxygens (including phenoxy) is 2. The number of hydrogen-bond acceptors (Lipinski definition) is 6. The fraction of sp³-hybridized carbons (Fsp3) is 0.211. The number of hydrogen-bond donors (Lipinski definition) is 0. The minimum atomic E-state index is -0.373. The maximum atomic E-state index is 11.3. The summed E-state index contributed by atoms with van der Waals surface area (Å²) >= 11 is 0. The van der Waals surface area contributed by atoms with Gasteiger partial charge in [-0.3, -0.25) is 15.1 Å². The highest BCUT2D eigenvalue weighted by Gasteiger charge is 2.19. The summed E-state index contributed by atoms with van der Waals surface area (Å²) in [5.74, 6) is 1.50. The first-order valence-corrected chi connectivity index (χ1v) is 8.32. The number of nitro groups is 1. The average Bonchev–Trinajstić information content (AvgIpc) is 3.13. The second-order valence-electron chi connectivity index (χ2n) is 5.98. The van der Waals surface area contributed by atoms with Crippen LogP contribution in [0.1, 0.15) is 12.5 Å². The number of benzene rings is 2. The minimum absolute atomic E-state index is 0.0657. The number of nitrogens with zero attached hydrogens (tertiary/aromatic N) is 3. The Balaban J connectivity index is 1.73. The molecule has 0 spiro atoms. The predicted octanol–water partition coefficient (Wildman–Crippen LogP) is 3.90. The average molecular weight is 351 g/mol. The Kier molecular flexibility index (Phi) is 4.04. The van der Waals surface area contributed by atoms with Crippen LogP contribution >= 0.6 is 0 Å². The van der Waals surface area contributed by atoms with Crippen LogP contribution in [0, 0.1) is 10.1 Å². The van der Waals surface area contributed by atoms with E-state index in [0.717, 1.165) is 34.7 Å². The highest BCUT2D eigenvalue weighted by atomic mass is 16.7. The highest BCUT2D eigenvalue weighted by molar-refractivity contribution is 5.99. The molecular weight excluding hydrogens is 334 g/mol. The second-order valence-corrected chi connectivity index (χ2v) is 5.98. The quantitative estimate of drug-likeness (QED) is 0.512. The van der Waals surface area contributed by atoms with Crippen LogP contribution in [0.4, 0.5) is 11.4 Å². The molecule has 1 aliphatic heterocycles. The van der Waals surface area contributed by atoms with Crippen LogP contribution in [0.5, 0.6) is 11.5 Å². The molecule has 0 atom stereocenters. The SMILES string of the molecule is CCN(Cc1ccc2c(c1)OCO2)c1ccc([N+](=O)[O-])c2cnccc12. The molecule has 3 aromatic rings. The minimum Gasteiger partial charge on any atom is -0.454 e. The zero-order valence-electron chi connectivity index (χ0n) is 14.2. The number of fused-ring (bicyclic) bond motifs is 2. The molecule has 0 saturated heterocycles. The lowest BCUT2D eigenvalue weighted by Gasteiger charge is -2.25. The summed E-state index contributed by atoms with van der Waals surface area (Å²) in [6.45, 7) is 3.71. The van der Waals surface area contributed by atoms with Crippen molar-refractivity contribution in [2.75, 3.05) is 18.2 Å². The van der Waals surface area contributed by atoms with E-state index in [1.807, 2.05) is 24.3 Å². The normalized spacial score (nSPS) is 12.3. The molecule has 0 amide bonds. The third-order valence-electron chi connectivity index (χ3n) is 4.50. The van der Waals surface area contributed by atoms with E-state index in [1.165, 1.54) is 0 Å². The number of aromatic nitrogens is 1. The number of pyridine rings is 1. The molecule has 0 radical (unpaired) electrons. The Hall–Kier alpha value is -3.35. The second kappa shape index (κ2) is 6.51. The molecule has 0 saturated carbocycles. The van der Waals surface area contributed by atoms with Crippen molar-refractivity contribution in [3.8, 4) is 11.5 Å². The molecule has 0 unspecified atom stereocenters. The number of non-ortho nitro benzene ring substituents is 1. The van der Waals surface area contributed by atoms with Gasteiger partial charge in [0.15, 0.2) is 11.5 Å². The third kappa shape index (κ3) is 2.77. The molecular formula is C19H17N3O4. The van der Waals surface area contributed by atoms with E-state index in [9.17, 15) is 10.1 Å². The summed E-state index contributed by atoms with van der Waals surface area (Å²) in [7, 11) is 0. The highest BCUT2D eigenvalue weighted by Crippen LogP contribution is 2.35. The van der Waals surface area contributed by atoms with Crippen molar-refractivity contribution >= 4 is 22.1 Å². The van der Waals surface area contributed by atoms with Gasteiger partial charge < -0.3 is 14.4 Å². The summed E-state index contributed by atoms with van der Waals surface area (Å²) in [6.07, 6.45) is 3.20. The molecule has 2 aromatic carbocycles. The van der Waals surface area contributed by atoms with Crippen molar-refractivity contribution in [3.05, 3.63) is 64.5 Å². The molecule has 1 aliphatic rings. The van der Waals surface area contributed by atoms with Crippen LogP contribution in [0.25, 0.3) is 10.8 Å². The van der Waals surface area contributed by atoms with Crippen molar-refractivity contribution in [2.24, 2.45) is 0 Å². The van der Waals surface area contributed by atoms with Crippen molar-refractivity contribution in [1.29, 1.82) is 0 Å². The van der Waals surface area contributed by atoms with Crippen LogP contribution in [0.15, 0.2) is 48.8 Å². The van der Waals surface area contributed by atoms with E-state index < -0.39 is 0 Å². The van der Waals surface area contributed by atoms with Gasteiger partial charge in [-0.2, -0.15) is 0 Å². The van der Waals surface area contributed by atoms with Gasteiger partial charge in [-0.1, -0.05) is 6.07 Å². The Morgan fingerprint density at radius 2 is 2.00 bits per heavy atom. The maximum Gasteiger partial charge on any atom is 0.278 e. The largest absolute Gasteiger partial charge is 0.454 e. The monoisotopic (exact) mass is 351 g/mol. The molecule has 7 heteroatoms. The van der Waals surface area contributed by atoms with Gasteiger partial charge in [0.25, 0.3) is 5.69 Å². The fourth-order valence-electron chi connectivity index (χ4n) is 3.22. The van der Waals surface area contributed by atoms with E-state index in [1.54, 1.807) is 24.5 Å². The first-order chi connectivity index (χ1) is 12.7. The van der Waals surface area contributed by atoms with Crippen molar-refractivity contribution in [1.82, 2.24) is 4.98 Å². The van der Waals surface area contributed by atoms with Gasteiger partial charge in [-0.25, -0.2) is 0 Å². The van der Waals surface area contributed by atoms with Crippen molar-refractivity contribution in [3.63, 3.8) is 0 Å². The van der Waals surface area contributed by atoms with Gasteiger partial charge in [0.05, 0.1) is 10.3 Å². The number of nitro benzene ring substituents is 1. The van der Waals surface area contributed by atoms with E-state index >= 15 is 0 Å². The van der Waals surface area contributed by atoms with Gasteiger partial charge in [-0.15, -0.1) is 0 Å². The van der Waals surface area contributed by atoms with E-state index in [0.29, 0.717) is 11.9 Å². The van der Waals surface area contributed by atoms with Gasteiger partial charge in [0, 0.05) is 42.6 Å². The third-order valence-corrected chi connectivity index (χ3v) is 4.50. The Morgan fingerprint density at radius 3 is 2.81 bits per heavy atom. The van der Waals surface area contributed by atoms with Crippen LogP contribution in [-0.2, 0) is 6.54 Å². The molecule has 4 rings (SSSR count). The first kappa shape index (κ1) is 16.1. The molecule has 132 valence electrons. The lowest BCUT2D eigenvalue weighted by molar-refractivity contribution is -0.383. The fourth-order valence-corrected chi connectivity index (χ4v) is 3.22. The smallest absolute Gasteiger partial charge is 0.278 e. The van der Waals surface area contributed by atoms with Gasteiger partial charge in [-0.05, 0) is 36.8 Å². The standard InChI is InChI=1S/C19H17N3O4/c1-2-21(11-13-3-6-18-19(9-13)26-12-25-18)16-4-5-17(22(23)24)15-10-20-8-7-14(15)16/h3-10H,2,11-12H2,1H3. The van der Waals surface area contributed by atoms with Crippen molar-refractivity contribution in [2.45, 2.75) is 13.5 Å². The van der Waals surface area contributed by atoms with Crippen LogP contribution in [0.3, 0.4) is 0 Å². The van der Waals surface area contributed by atoms with Crippen LogP contribution in [-0.4, -0.2) is 23.2 Å². The Bertz CT molecular complexity index is 990. The summed E-state index contributed by atoms with van der Waals surface area (Å²) in [5, 5.41) is 12.7. The molecule has 0 bridgehead atoms. The maximum absolute atomic E-state index is 11.3. The Labute approximate surface area is 149 Å². The zero-order valence-corrected chi connectivity index (χ0v) is 14.2. The zero-order chi connectivity index (χ0) is 18.1. The summed E-state index contributed by atoms with van der Waals surface area (Å²) in [5.41, 5.74) is 2.08. The van der Waals surface area contributed by atoms with E-state index in [4.69, 9.17) is 9.47 Å². The van der Waals surface area contributed by atoms with Gasteiger partial charge >= 0.3 is 0 Å². The summed E-state index contributed by atoms with van der Waals surface area (Å²) in [6, 6.07) is 11.0. The Morgan fingerprint density at radius 1 is 1.15 bits per heavy atom. The summed E-state index contributed by atoms with van der Waals surface area (Å²) < 4.78 is 10.8. The topological polar surface area (TPSA) is 77.7 Å². The number of rotatable bonds is 5.